The summed E-state index contributed by atoms with van der Waals surface area (Å²) in [7, 11) is 0.470. The summed E-state index contributed by atoms with van der Waals surface area (Å²) in [5, 5.41) is 183. The number of phosphoric ester groups is 1. The minimum atomic E-state index is -4.86. The van der Waals surface area contributed by atoms with E-state index in [1.165, 1.54) is 0 Å². The molecule has 6 aliphatic rings. The smallest absolute Gasteiger partial charge is 0.394 e. The van der Waals surface area contributed by atoms with Crippen LogP contribution in [0.3, 0.4) is 0 Å². The van der Waals surface area contributed by atoms with Crippen LogP contribution in [0.15, 0.2) is 0 Å². The first-order valence-electron chi connectivity index (χ1n) is 27.3. The van der Waals surface area contributed by atoms with Crippen molar-refractivity contribution in [3.63, 3.8) is 0 Å². The normalized spacial score (nSPS) is 44.9. The van der Waals surface area contributed by atoms with Gasteiger partial charge in [-0.1, -0.05) is 0 Å². The number of quaternary nitrogens is 1. The highest BCUT2D eigenvalue weighted by molar-refractivity contribution is 7.47. The topological polar surface area (TPSA) is 568 Å². The maximum Gasteiger partial charge on any atom is 0.472 e. The maximum absolute atomic E-state index is 12.8. The van der Waals surface area contributed by atoms with Crippen LogP contribution < -0.4 is 16.0 Å². The van der Waals surface area contributed by atoms with Crippen LogP contribution in [0.5, 0.6) is 0 Å². The fourth-order valence-electron chi connectivity index (χ4n) is 10.2. The van der Waals surface area contributed by atoms with E-state index >= 15 is 0 Å². The quantitative estimate of drug-likeness (QED) is 0.0298. The Morgan fingerprint density at radius 3 is 1.37 bits per heavy atom. The Morgan fingerprint density at radius 1 is 0.419 bits per heavy atom. The van der Waals surface area contributed by atoms with Crippen molar-refractivity contribution in [2.75, 3.05) is 73.9 Å². The summed E-state index contributed by atoms with van der Waals surface area (Å²) in [5.74, 6) is -2.43. The highest BCUT2D eigenvalue weighted by atomic mass is 31.2. The molecule has 0 bridgehead atoms. The largest absolute Gasteiger partial charge is 0.472 e. The second-order valence-corrected chi connectivity index (χ2v) is 23.9. The fourth-order valence-corrected chi connectivity index (χ4v) is 10.9. The number of rotatable bonds is 25. The molecule has 0 radical (unpaired) electrons. The molecule has 0 aromatic rings. The average molecular weight is 1280 g/mol. The van der Waals surface area contributed by atoms with Crippen molar-refractivity contribution in [3.8, 4) is 0 Å². The highest BCUT2D eigenvalue weighted by Gasteiger charge is 2.58. The number of hydrogen-bond acceptors (Lipinski definition) is 33. The van der Waals surface area contributed by atoms with Gasteiger partial charge in [0.15, 0.2) is 37.7 Å². The molecule has 0 spiro atoms. The van der Waals surface area contributed by atoms with Crippen molar-refractivity contribution in [2.24, 2.45) is 0 Å². The van der Waals surface area contributed by atoms with Crippen LogP contribution in [0.25, 0.3) is 0 Å². The number of aliphatic hydroxyl groups excluding tert-OH is 16. The molecule has 31 atom stereocenters. The first-order valence-corrected chi connectivity index (χ1v) is 28.8. The van der Waals surface area contributed by atoms with Gasteiger partial charge in [0.05, 0.1) is 60.8 Å². The van der Waals surface area contributed by atoms with E-state index in [-0.39, 0.29) is 13.2 Å². The van der Waals surface area contributed by atoms with E-state index in [0.29, 0.717) is 4.48 Å². The Kier molecular flexibility index (Phi) is 26.2. The zero-order valence-electron chi connectivity index (χ0n) is 47.4. The Bertz CT molecular complexity index is 2220. The number of nitrogens with zero attached hydrogens (tertiary/aromatic N) is 1. The Morgan fingerprint density at radius 2 is 0.826 bits per heavy atom. The van der Waals surface area contributed by atoms with E-state index in [1.54, 1.807) is 21.1 Å². The lowest BCUT2D eigenvalue weighted by molar-refractivity contribution is -0.870. The van der Waals surface area contributed by atoms with Crippen LogP contribution in [0.2, 0.25) is 0 Å². The number of carbonyl (C=O) groups is 3. The van der Waals surface area contributed by atoms with Gasteiger partial charge in [0.1, 0.15) is 159 Å². The monoisotopic (exact) mass is 1280 g/mol. The predicted molar refractivity (Wildman–Crippen MR) is 271 cm³/mol. The minimum Gasteiger partial charge on any atom is -0.394 e. The van der Waals surface area contributed by atoms with Gasteiger partial charge in [0.2, 0.25) is 17.7 Å². The van der Waals surface area contributed by atoms with E-state index < -0.39 is 249 Å². The molecule has 0 aliphatic carbocycles. The van der Waals surface area contributed by atoms with Crippen LogP contribution >= 0.6 is 7.82 Å². The molecule has 86 heavy (non-hydrogen) atoms. The van der Waals surface area contributed by atoms with E-state index in [1.807, 2.05) is 0 Å². The Hall–Kier alpha value is -2.60. The van der Waals surface area contributed by atoms with Gasteiger partial charge in [0, 0.05) is 20.8 Å². The number of phosphoric acid groups is 1. The van der Waals surface area contributed by atoms with Crippen molar-refractivity contribution in [1.82, 2.24) is 16.0 Å². The van der Waals surface area contributed by atoms with Crippen molar-refractivity contribution >= 4 is 25.5 Å². The lowest BCUT2D eigenvalue weighted by Gasteiger charge is -2.50. The first kappa shape index (κ1) is 72.5. The molecule has 20 N–H and O–H groups in total. The molecule has 39 heteroatoms. The van der Waals surface area contributed by atoms with Gasteiger partial charge >= 0.3 is 7.82 Å². The van der Waals surface area contributed by atoms with Gasteiger partial charge in [-0.15, -0.1) is 0 Å². The van der Waals surface area contributed by atoms with Gasteiger partial charge in [0.25, 0.3) is 0 Å². The standard InChI is InChI=1S/C47H83N4O34P/c1-15(56)48-24-32(64)38(20(11-54)76-42(24)70)82-44-26(50-17(3)58)33(65)39(21(12-55)79-44)83-46-37(69)40(84-45-36(68)34(66)27(59)18(9-52)77-45)30(62)22(81-46)13-73-47-41(35(67)28(60)19(10-53)78-47)85-43-25(49-16(2)57)31(63)29(61)23(80-43)14-75-86(71,72)74-8-7-51(4,5)6/h18-47,52-55,59-70H,7-14H2,1-6H3,(H3-,48,49,50,56,57,58,71,72)/p+1/t18-,19-,20-,21-,22-,23-,24-,25-,26-,27-,28-,29-,30-,31-,32-,33-,34+,35+,36+,37+,38-,39-,40+,41+,42-,43+,44+,45-,46+,47+/m1/s1. The summed E-state index contributed by atoms with van der Waals surface area (Å²) in [6.45, 7) is -2.96. The number of likely N-dealkylation sites (N-methyl/N-ethyl adjacent to an activating group) is 1. The first-order chi connectivity index (χ1) is 40.3. The molecule has 1 unspecified atom stereocenters. The number of carbonyl (C=O) groups excluding carboxylic acids is 3. The molecule has 6 heterocycles. The Balaban J connectivity index is 1.29. The number of aliphatic hydroxyl groups is 16. The third kappa shape index (κ3) is 17.7. The van der Waals surface area contributed by atoms with Crippen LogP contribution in [0, 0.1) is 0 Å². The van der Waals surface area contributed by atoms with Crippen LogP contribution in [0.1, 0.15) is 20.8 Å². The zero-order valence-corrected chi connectivity index (χ0v) is 48.3. The Labute approximate surface area is 490 Å². The molecule has 6 saturated heterocycles. The minimum absolute atomic E-state index is 0.252. The van der Waals surface area contributed by atoms with Gasteiger partial charge in [-0.2, -0.15) is 0 Å². The van der Waals surface area contributed by atoms with Gasteiger partial charge in [-0.25, -0.2) is 4.57 Å². The van der Waals surface area contributed by atoms with Crippen molar-refractivity contribution < 1.29 is 171 Å². The zero-order chi connectivity index (χ0) is 64.0. The average Bonchev–Trinajstić information content (AvgIpc) is 1.01. The second kappa shape index (κ2) is 31.1. The lowest BCUT2D eigenvalue weighted by Crippen LogP contribution is -2.70. The third-order valence-corrected chi connectivity index (χ3v) is 15.8. The van der Waals surface area contributed by atoms with Crippen molar-refractivity contribution in [3.05, 3.63) is 0 Å². The van der Waals surface area contributed by atoms with Crippen LogP contribution in [-0.4, -0.2) is 367 Å². The van der Waals surface area contributed by atoms with E-state index in [2.05, 4.69) is 16.0 Å². The van der Waals surface area contributed by atoms with E-state index in [0.717, 1.165) is 20.8 Å². The SMILES string of the molecule is CC(=O)N[C@@H]1[C@@H](O)[C@H](O[C@@H]2O[C@H](CO)[C@@H](O[C@@H]3O[C@H](CO[C@H]4O[C@H](CO)[C@@H](O)[C@H](O)[C@@H]4O[C@@H]4O[C@H](COP(=O)(O)OCC[N+](C)(C)C)[C@@H](O)[C@H](O)[C@H]4NC(C)=O)[C@@H](O)[C@H](O[C@H]4O[C@H](CO)[C@@H](O)[C@H](O)[C@@H]4O)[C@@H]3O)[C@H](O)[C@H]2NC(C)=O)[C@@H](CO)O[C@H]1O. The fraction of sp³-hybridized carbons (Fsp3) is 0.936. The highest BCUT2D eigenvalue weighted by Crippen LogP contribution is 2.44. The lowest BCUT2D eigenvalue weighted by atomic mass is 9.94. The molecule has 6 fully saturated rings. The van der Waals surface area contributed by atoms with Gasteiger partial charge < -0.3 is 159 Å². The van der Waals surface area contributed by atoms with E-state index in [9.17, 15) is 106 Å². The molecular formula is C47H84N4O34P+. The predicted octanol–water partition coefficient (Wildman–Crippen LogP) is -12.8. The third-order valence-electron chi connectivity index (χ3n) is 14.9. The summed E-state index contributed by atoms with van der Waals surface area (Å²) in [4.78, 5) is 47.5. The van der Waals surface area contributed by atoms with Crippen molar-refractivity contribution in [1.29, 1.82) is 0 Å². The molecule has 38 nitrogen and oxygen atoms in total. The molecular weight excluding hydrogens is 1200 g/mol. The van der Waals surface area contributed by atoms with Crippen molar-refractivity contribution in [2.45, 2.75) is 205 Å². The van der Waals surface area contributed by atoms with Gasteiger partial charge in [-0.3, -0.25) is 23.4 Å². The molecule has 6 aliphatic heterocycles. The van der Waals surface area contributed by atoms with Crippen LogP contribution in [-0.2, 0) is 80.1 Å². The number of hydrogen-bond donors (Lipinski definition) is 20. The molecule has 500 valence electrons. The molecule has 0 saturated carbocycles. The number of nitrogens with one attached hydrogen (secondary N) is 3. The molecule has 6 rings (SSSR count). The van der Waals surface area contributed by atoms with E-state index in [4.69, 9.17) is 61.2 Å². The number of ether oxygens (including phenoxy) is 11. The number of amides is 3. The molecule has 0 aromatic heterocycles. The van der Waals surface area contributed by atoms with Crippen LogP contribution in [0.4, 0.5) is 0 Å². The summed E-state index contributed by atoms with van der Waals surface area (Å²) >= 11 is 0. The summed E-state index contributed by atoms with van der Waals surface area (Å²) < 4.78 is 87.5. The maximum atomic E-state index is 12.8. The summed E-state index contributed by atoms with van der Waals surface area (Å²) in [6, 6.07) is -5.11. The molecule has 0 aromatic carbocycles. The van der Waals surface area contributed by atoms with Gasteiger partial charge in [-0.05, 0) is 0 Å². The summed E-state index contributed by atoms with van der Waals surface area (Å²) in [5.41, 5.74) is 0. The second-order valence-electron chi connectivity index (χ2n) is 22.4. The summed E-state index contributed by atoms with van der Waals surface area (Å²) in [6.07, 6.45) is -53.4. The molecule has 3 amide bonds.